The summed E-state index contributed by atoms with van der Waals surface area (Å²) in [6.07, 6.45) is 0. The summed E-state index contributed by atoms with van der Waals surface area (Å²) in [6, 6.07) is 12.4. The number of ether oxygens (including phenoxy) is 1. The minimum atomic E-state index is 0.753. The molecule has 1 aliphatic heterocycles. The van der Waals surface area contributed by atoms with Crippen LogP contribution in [0.25, 0.3) is 0 Å². The van der Waals surface area contributed by atoms with Crippen LogP contribution in [0.1, 0.15) is 16.8 Å². The number of thiocarbonyl (C=S) groups is 1. The first-order chi connectivity index (χ1) is 12.5. The highest BCUT2D eigenvalue weighted by molar-refractivity contribution is 7.80. The first-order valence-electron chi connectivity index (χ1n) is 8.90. The van der Waals surface area contributed by atoms with Gasteiger partial charge in [0.05, 0.1) is 7.11 Å². The zero-order valence-corrected chi connectivity index (χ0v) is 16.5. The predicted molar refractivity (Wildman–Crippen MR) is 110 cm³/mol. The maximum Gasteiger partial charge on any atom is 0.174 e. The first kappa shape index (κ1) is 18.6. The van der Waals surface area contributed by atoms with E-state index in [0.717, 1.165) is 55.1 Å². The molecule has 0 radical (unpaired) electrons. The van der Waals surface area contributed by atoms with Gasteiger partial charge in [0.25, 0.3) is 0 Å². The molecule has 26 heavy (non-hydrogen) atoms. The third kappa shape index (κ3) is 4.93. The molecule has 0 aliphatic carbocycles. The summed E-state index contributed by atoms with van der Waals surface area (Å²) >= 11 is 5.58. The number of pyridine rings is 1. The second-order valence-corrected chi connectivity index (χ2v) is 7.10. The molecule has 1 aliphatic rings. The first-order valence-corrected chi connectivity index (χ1v) is 9.31. The Balaban J connectivity index is 1.52. The van der Waals surface area contributed by atoms with Crippen molar-refractivity contribution in [2.45, 2.75) is 20.4 Å². The molecule has 1 saturated heterocycles. The smallest absolute Gasteiger partial charge is 0.174 e. The van der Waals surface area contributed by atoms with E-state index in [1.165, 1.54) is 11.1 Å². The van der Waals surface area contributed by atoms with Crippen LogP contribution in [0.3, 0.4) is 0 Å². The Kier molecular flexibility index (Phi) is 6.06. The van der Waals surface area contributed by atoms with Crippen molar-refractivity contribution in [2.75, 3.05) is 38.6 Å². The van der Waals surface area contributed by atoms with Crippen molar-refractivity contribution in [1.29, 1.82) is 0 Å². The summed E-state index contributed by atoms with van der Waals surface area (Å²) in [4.78, 5) is 9.17. The van der Waals surface area contributed by atoms with Crippen LogP contribution in [0.2, 0.25) is 0 Å². The number of methoxy groups -OCH3 is 1. The average Bonchev–Trinajstić information content (AvgIpc) is 2.61. The summed E-state index contributed by atoms with van der Waals surface area (Å²) in [5.41, 5.74) is 3.46. The van der Waals surface area contributed by atoms with Crippen LogP contribution < -0.4 is 10.1 Å². The third-order valence-corrected chi connectivity index (χ3v) is 4.89. The van der Waals surface area contributed by atoms with Crippen molar-refractivity contribution in [3.05, 3.63) is 53.2 Å². The average molecular weight is 371 g/mol. The van der Waals surface area contributed by atoms with Crippen LogP contribution in [0, 0.1) is 13.8 Å². The molecule has 0 spiro atoms. The lowest BCUT2D eigenvalue weighted by molar-refractivity contribution is 0.177. The Morgan fingerprint density at radius 1 is 1.15 bits per heavy atom. The van der Waals surface area contributed by atoms with Gasteiger partial charge in [0, 0.05) is 38.4 Å². The highest BCUT2D eigenvalue weighted by Crippen LogP contribution is 2.16. The molecule has 0 unspecified atom stereocenters. The molecule has 5 nitrogen and oxygen atoms in total. The number of piperazine rings is 1. The molecule has 138 valence electrons. The fourth-order valence-corrected chi connectivity index (χ4v) is 3.52. The number of nitrogens with zero attached hydrogens (tertiary/aromatic N) is 3. The molecule has 0 saturated carbocycles. The summed E-state index contributed by atoms with van der Waals surface area (Å²) in [5, 5.41) is 4.04. The molecule has 0 atom stereocenters. The molecule has 6 heteroatoms. The van der Waals surface area contributed by atoms with Crippen LogP contribution in [0.5, 0.6) is 5.75 Å². The number of nitrogens with one attached hydrogen (secondary N) is 1. The van der Waals surface area contributed by atoms with Gasteiger partial charge in [0.2, 0.25) is 0 Å². The van der Waals surface area contributed by atoms with Gasteiger partial charge < -0.3 is 15.0 Å². The van der Waals surface area contributed by atoms with E-state index < -0.39 is 0 Å². The molecule has 0 amide bonds. The monoisotopic (exact) mass is 370 g/mol. The van der Waals surface area contributed by atoms with E-state index in [0.29, 0.717) is 0 Å². The zero-order chi connectivity index (χ0) is 18.5. The molecular formula is C20H26N4OS. The van der Waals surface area contributed by atoms with E-state index in [2.05, 4.69) is 45.2 Å². The Morgan fingerprint density at radius 3 is 2.62 bits per heavy atom. The third-order valence-electron chi connectivity index (χ3n) is 4.53. The van der Waals surface area contributed by atoms with Crippen molar-refractivity contribution in [3.8, 4) is 5.75 Å². The summed E-state index contributed by atoms with van der Waals surface area (Å²) in [6.45, 7) is 8.81. The van der Waals surface area contributed by atoms with Gasteiger partial charge in [0.1, 0.15) is 11.6 Å². The van der Waals surface area contributed by atoms with E-state index >= 15 is 0 Å². The number of aromatic nitrogens is 1. The SMILES string of the molecule is COc1cccc(CN2CCN(C(=S)Nc3cc(C)cc(C)n3)CC2)c1. The summed E-state index contributed by atoms with van der Waals surface area (Å²) < 4.78 is 5.31. The molecule has 3 rings (SSSR count). The van der Waals surface area contributed by atoms with Gasteiger partial charge in [-0.3, -0.25) is 4.90 Å². The van der Waals surface area contributed by atoms with Gasteiger partial charge in [-0.2, -0.15) is 0 Å². The van der Waals surface area contributed by atoms with Crippen LogP contribution >= 0.6 is 12.2 Å². The fourth-order valence-electron chi connectivity index (χ4n) is 3.23. The number of hydrogen-bond acceptors (Lipinski definition) is 4. The molecular weight excluding hydrogens is 344 g/mol. The molecule has 2 aromatic rings. The minimum Gasteiger partial charge on any atom is -0.497 e. The molecule has 0 bridgehead atoms. The fraction of sp³-hybridized carbons (Fsp3) is 0.400. The number of rotatable bonds is 4. The van der Waals surface area contributed by atoms with Crippen molar-refractivity contribution >= 4 is 23.1 Å². The zero-order valence-electron chi connectivity index (χ0n) is 15.7. The van der Waals surface area contributed by atoms with Crippen molar-refractivity contribution in [3.63, 3.8) is 0 Å². The van der Waals surface area contributed by atoms with E-state index in [1.807, 2.05) is 25.1 Å². The molecule has 1 fully saturated rings. The number of anilines is 1. The highest BCUT2D eigenvalue weighted by Gasteiger charge is 2.19. The lowest BCUT2D eigenvalue weighted by atomic mass is 10.2. The van der Waals surface area contributed by atoms with Crippen LogP contribution in [-0.4, -0.2) is 53.2 Å². The van der Waals surface area contributed by atoms with Gasteiger partial charge in [-0.1, -0.05) is 12.1 Å². The summed E-state index contributed by atoms with van der Waals surface area (Å²) in [7, 11) is 1.70. The Morgan fingerprint density at radius 2 is 1.92 bits per heavy atom. The normalized spacial score (nSPS) is 15.0. The predicted octanol–water partition coefficient (Wildman–Crippen LogP) is 3.22. The van der Waals surface area contributed by atoms with Crippen molar-refractivity contribution < 1.29 is 4.74 Å². The molecule has 1 aromatic carbocycles. The molecule has 2 heterocycles. The number of aryl methyl sites for hydroxylation is 2. The van der Waals surface area contributed by atoms with E-state index in [-0.39, 0.29) is 0 Å². The maximum atomic E-state index is 5.58. The highest BCUT2D eigenvalue weighted by atomic mass is 32.1. The van der Waals surface area contributed by atoms with Gasteiger partial charge in [-0.05, 0) is 61.5 Å². The standard InChI is InChI=1S/C20H26N4OS/c1-15-11-16(2)21-19(12-15)22-20(26)24-9-7-23(8-10-24)14-17-5-4-6-18(13-17)25-3/h4-6,11-13H,7-10,14H2,1-3H3,(H,21,22,26). The second-order valence-electron chi connectivity index (χ2n) is 6.72. The van der Waals surface area contributed by atoms with Crippen molar-refractivity contribution in [1.82, 2.24) is 14.8 Å². The second kappa shape index (κ2) is 8.47. The van der Waals surface area contributed by atoms with Crippen LogP contribution in [-0.2, 0) is 6.54 Å². The number of benzene rings is 1. The molecule has 1 N–H and O–H groups in total. The number of hydrogen-bond donors (Lipinski definition) is 1. The van der Waals surface area contributed by atoms with Crippen molar-refractivity contribution in [2.24, 2.45) is 0 Å². The summed E-state index contributed by atoms with van der Waals surface area (Å²) in [5.74, 6) is 1.73. The minimum absolute atomic E-state index is 0.753. The Bertz CT molecular complexity index is 752. The lowest BCUT2D eigenvalue weighted by Crippen LogP contribution is -2.49. The molecule has 1 aromatic heterocycles. The topological polar surface area (TPSA) is 40.6 Å². The van der Waals surface area contributed by atoms with Gasteiger partial charge in [-0.25, -0.2) is 4.98 Å². The van der Waals surface area contributed by atoms with Crippen LogP contribution in [0.15, 0.2) is 36.4 Å². The van der Waals surface area contributed by atoms with Gasteiger partial charge >= 0.3 is 0 Å². The Labute approximate surface area is 161 Å². The van der Waals surface area contributed by atoms with E-state index in [9.17, 15) is 0 Å². The quantitative estimate of drug-likeness (QED) is 0.834. The van der Waals surface area contributed by atoms with Gasteiger partial charge in [-0.15, -0.1) is 0 Å². The van der Waals surface area contributed by atoms with Gasteiger partial charge in [0.15, 0.2) is 5.11 Å². The largest absolute Gasteiger partial charge is 0.497 e. The maximum absolute atomic E-state index is 5.58. The van der Waals surface area contributed by atoms with E-state index in [4.69, 9.17) is 17.0 Å². The Hall–Kier alpha value is -2.18. The van der Waals surface area contributed by atoms with E-state index in [1.54, 1.807) is 7.11 Å². The lowest BCUT2D eigenvalue weighted by Gasteiger charge is -2.36. The van der Waals surface area contributed by atoms with Crippen LogP contribution in [0.4, 0.5) is 5.82 Å².